The van der Waals surface area contributed by atoms with Gasteiger partial charge >= 0.3 is 0 Å². The Kier molecular flexibility index (Phi) is 6.34. The maximum Gasteiger partial charge on any atom is 0.146 e. The van der Waals surface area contributed by atoms with Crippen LogP contribution in [0, 0.1) is 11.2 Å². The summed E-state index contributed by atoms with van der Waals surface area (Å²) in [4.78, 5) is 4.10. The molecule has 0 spiro atoms. The zero-order valence-corrected chi connectivity index (χ0v) is 15.3. The first-order chi connectivity index (χ1) is 12.6. The highest BCUT2D eigenvalue weighted by Crippen LogP contribution is 2.36. The van der Waals surface area contributed by atoms with Crippen LogP contribution in [-0.4, -0.2) is 47.5 Å². The van der Waals surface area contributed by atoms with Crippen LogP contribution in [0.5, 0.6) is 0 Å². The summed E-state index contributed by atoms with van der Waals surface area (Å²) in [6, 6.07) is 6.44. The van der Waals surface area contributed by atoms with Gasteiger partial charge in [-0.2, -0.15) is 5.10 Å². The average molecular weight is 363 g/mol. The second kappa shape index (κ2) is 8.70. The molecule has 3 rings (SSSR count). The van der Waals surface area contributed by atoms with Gasteiger partial charge in [0.25, 0.3) is 0 Å². The predicted molar refractivity (Wildman–Crippen MR) is 94.1 cm³/mol. The molecule has 26 heavy (non-hydrogen) atoms. The maximum atomic E-state index is 13.3. The van der Waals surface area contributed by atoms with Gasteiger partial charge in [-0.3, -0.25) is 0 Å². The summed E-state index contributed by atoms with van der Waals surface area (Å²) in [5.41, 5.74) is 0.697. The van der Waals surface area contributed by atoms with Gasteiger partial charge in [-0.25, -0.2) is 14.1 Å². The molecule has 1 aliphatic rings. The van der Waals surface area contributed by atoms with Crippen LogP contribution < -0.4 is 0 Å². The quantitative estimate of drug-likeness (QED) is 0.722. The molecule has 0 saturated carbocycles. The minimum atomic E-state index is -0.315. The highest BCUT2D eigenvalue weighted by Gasteiger charge is 2.43. The van der Waals surface area contributed by atoms with E-state index >= 15 is 0 Å². The minimum Gasteiger partial charge on any atom is -0.375 e. The zero-order valence-electron chi connectivity index (χ0n) is 15.3. The fourth-order valence-electron chi connectivity index (χ4n) is 3.43. The Bertz CT molecular complexity index is 657. The van der Waals surface area contributed by atoms with Gasteiger partial charge in [0, 0.05) is 12.0 Å². The molecule has 2 heterocycles. The average Bonchev–Trinajstić information content (AvgIpc) is 3.17. The number of nitrogens with zero attached hydrogens (tertiary/aromatic N) is 3. The zero-order chi connectivity index (χ0) is 18.4. The first kappa shape index (κ1) is 18.9. The molecule has 6 nitrogen and oxygen atoms in total. The monoisotopic (exact) mass is 363 g/mol. The number of rotatable bonds is 8. The van der Waals surface area contributed by atoms with E-state index in [9.17, 15) is 4.39 Å². The summed E-state index contributed by atoms with van der Waals surface area (Å²) in [6.45, 7) is 6.24. The molecular formula is C19H26FN3O3. The van der Waals surface area contributed by atoms with Crippen LogP contribution in [0.25, 0.3) is 0 Å². The minimum absolute atomic E-state index is 0.107. The fourth-order valence-corrected chi connectivity index (χ4v) is 3.43. The van der Waals surface area contributed by atoms with E-state index in [1.54, 1.807) is 18.5 Å². The van der Waals surface area contributed by atoms with E-state index in [-0.39, 0.29) is 23.4 Å². The summed E-state index contributed by atoms with van der Waals surface area (Å²) >= 11 is 0. The normalized spacial score (nSPS) is 19.2. The molecule has 1 saturated heterocycles. The van der Waals surface area contributed by atoms with Crippen molar-refractivity contribution in [3.8, 4) is 0 Å². The predicted octanol–water partition coefficient (Wildman–Crippen LogP) is 3.01. The van der Waals surface area contributed by atoms with E-state index in [4.69, 9.17) is 14.2 Å². The van der Waals surface area contributed by atoms with Crippen LogP contribution in [0.3, 0.4) is 0 Å². The lowest BCUT2D eigenvalue weighted by Crippen LogP contribution is -2.50. The molecule has 2 aromatic rings. The Morgan fingerprint density at radius 2 is 2.00 bits per heavy atom. The third-order valence-corrected chi connectivity index (χ3v) is 4.70. The fraction of sp³-hybridized carbons (Fsp3) is 0.579. The topological polar surface area (TPSA) is 58.4 Å². The smallest absolute Gasteiger partial charge is 0.146 e. The molecule has 1 aromatic heterocycles. The van der Waals surface area contributed by atoms with Crippen LogP contribution in [0.1, 0.15) is 31.9 Å². The van der Waals surface area contributed by atoms with E-state index < -0.39 is 0 Å². The summed E-state index contributed by atoms with van der Waals surface area (Å²) in [5, 5.41) is 4.36. The lowest BCUT2D eigenvalue weighted by atomic mass is 9.79. The molecule has 0 bridgehead atoms. The summed E-state index contributed by atoms with van der Waals surface area (Å²) in [7, 11) is 0. The van der Waals surface area contributed by atoms with Crippen molar-refractivity contribution in [3.63, 3.8) is 0 Å². The largest absolute Gasteiger partial charge is 0.375 e. The molecule has 1 aliphatic heterocycles. The first-order valence-corrected chi connectivity index (χ1v) is 8.98. The van der Waals surface area contributed by atoms with Crippen molar-refractivity contribution in [2.45, 2.75) is 38.8 Å². The number of hydrogen-bond acceptors (Lipinski definition) is 5. The number of halogens is 1. The Morgan fingerprint density at radius 3 is 2.62 bits per heavy atom. The molecule has 0 amide bonds. The van der Waals surface area contributed by atoms with Crippen molar-refractivity contribution < 1.29 is 18.6 Å². The third-order valence-electron chi connectivity index (χ3n) is 4.70. The Balaban J connectivity index is 1.91. The van der Waals surface area contributed by atoms with Gasteiger partial charge in [0.15, 0.2) is 0 Å². The standard InChI is InChI=1S/C19H26FN3O3/c1-3-8-26-18(19(2)10-24-14-25-11-19)17(23-13-21-12-22-23)9-15-4-6-16(20)7-5-15/h4-7,12-13,17-18H,3,8-11,14H2,1-2H3. The summed E-state index contributed by atoms with van der Waals surface area (Å²) in [5.74, 6) is -0.245. The first-order valence-electron chi connectivity index (χ1n) is 8.98. The van der Waals surface area contributed by atoms with Gasteiger partial charge in [0.1, 0.15) is 25.3 Å². The molecule has 0 radical (unpaired) electrons. The van der Waals surface area contributed by atoms with Crippen LogP contribution in [0.15, 0.2) is 36.9 Å². The van der Waals surface area contributed by atoms with Crippen molar-refractivity contribution in [3.05, 3.63) is 48.3 Å². The molecule has 2 unspecified atom stereocenters. The summed E-state index contributed by atoms with van der Waals surface area (Å²) < 4.78 is 32.6. The molecule has 7 heteroatoms. The molecule has 1 aromatic carbocycles. The van der Waals surface area contributed by atoms with Gasteiger partial charge in [-0.15, -0.1) is 0 Å². The number of hydrogen-bond donors (Lipinski definition) is 0. The lowest BCUT2D eigenvalue weighted by molar-refractivity contribution is -0.206. The van der Waals surface area contributed by atoms with E-state index in [0.29, 0.717) is 33.0 Å². The third kappa shape index (κ3) is 4.47. The van der Waals surface area contributed by atoms with E-state index in [1.165, 1.54) is 18.5 Å². The number of aromatic nitrogens is 3. The highest BCUT2D eigenvalue weighted by atomic mass is 19.1. The number of ether oxygens (including phenoxy) is 3. The molecule has 2 atom stereocenters. The van der Waals surface area contributed by atoms with Crippen molar-refractivity contribution in [2.24, 2.45) is 5.41 Å². The molecular weight excluding hydrogens is 337 g/mol. The highest BCUT2D eigenvalue weighted by molar-refractivity contribution is 5.17. The van der Waals surface area contributed by atoms with Crippen molar-refractivity contribution >= 4 is 0 Å². The second-order valence-electron chi connectivity index (χ2n) is 7.03. The van der Waals surface area contributed by atoms with Crippen LogP contribution in [0.4, 0.5) is 4.39 Å². The van der Waals surface area contributed by atoms with Gasteiger partial charge in [-0.1, -0.05) is 26.0 Å². The summed E-state index contributed by atoms with van der Waals surface area (Å²) in [6.07, 6.45) is 4.59. The van der Waals surface area contributed by atoms with Crippen molar-refractivity contribution in [2.75, 3.05) is 26.6 Å². The van der Waals surface area contributed by atoms with Crippen LogP contribution >= 0.6 is 0 Å². The Hall–Kier alpha value is -1.83. The Labute approximate surface area is 153 Å². The van der Waals surface area contributed by atoms with Crippen molar-refractivity contribution in [1.82, 2.24) is 14.8 Å². The lowest BCUT2D eigenvalue weighted by Gasteiger charge is -2.43. The molecule has 142 valence electrons. The van der Waals surface area contributed by atoms with Gasteiger partial charge in [0.05, 0.1) is 25.4 Å². The Morgan fingerprint density at radius 1 is 1.27 bits per heavy atom. The molecule has 1 fully saturated rings. The molecule has 0 N–H and O–H groups in total. The van der Waals surface area contributed by atoms with E-state index in [1.807, 2.05) is 4.68 Å². The van der Waals surface area contributed by atoms with Gasteiger partial charge in [0.2, 0.25) is 0 Å². The van der Waals surface area contributed by atoms with E-state index in [0.717, 1.165) is 12.0 Å². The molecule has 0 aliphatic carbocycles. The van der Waals surface area contributed by atoms with Gasteiger partial charge < -0.3 is 14.2 Å². The SMILES string of the molecule is CCCOC(C(Cc1ccc(F)cc1)n1cncn1)C1(C)COCOC1. The van der Waals surface area contributed by atoms with Crippen LogP contribution in [-0.2, 0) is 20.6 Å². The number of benzene rings is 1. The van der Waals surface area contributed by atoms with Crippen molar-refractivity contribution in [1.29, 1.82) is 0 Å². The maximum absolute atomic E-state index is 13.3. The van der Waals surface area contributed by atoms with E-state index in [2.05, 4.69) is 23.9 Å². The second-order valence-corrected chi connectivity index (χ2v) is 7.03. The van der Waals surface area contributed by atoms with Gasteiger partial charge in [-0.05, 0) is 30.5 Å². The van der Waals surface area contributed by atoms with Crippen LogP contribution in [0.2, 0.25) is 0 Å².